The molecule has 1 aliphatic rings. The van der Waals surface area contributed by atoms with Crippen molar-refractivity contribution >= 4 is 29.1 Å². The number of alkyl halides is 3. The minimum atomic E-state index is -5.08. The van der Waals surface area contributed by atoms with E-state index >= 15 is 0 Å². The van der Waals surface area contributed by atoms with Crippen molar-refractivity contribution in [2.75, 3.05) is 47.0 Å². The van der Waals surface area contributed by atoms with Crippen molar-refractivity contribution in [1.82, 2.24) is 10.2 Å². The van der Waals surface area contributed by atoms with Crippen LogP contribution in [0.15, 0.2) is 78.4 Å². The summed E-state index contributed by atoms with van der Waals surface area (Å²) in [6.45, 7) is 3.71. The number of carbonyl (C=O) groups excluding carboxylic acids is 1. The van der Waals surface area contributed by atoms with E-state index in [0.29, 0.717) is 32.9 Å². The van der Waals surface area contributed by atoms with Gasteiger partial charge in [0.1, 0.15) is 11.5 Å². The van der Waals surface area contributed by atoms with Gasteiger partial charge in [-0.25, -0.2) is 4.79 Å². The molecule has 2 N–H and O–H groups in total. The lowest BCUT2D eigenvalue weighted by Gasteiger charge is -2.25. The second-order valence-corrected chi connectivity index (χ2v) is 10.8. The number of likely N-dealkylation sites (N-methyl/N-ethyl adjacent to an activating group) is 1. The third-order valence-corrected chi connectivity index (χ3v) is 7.46. The number of ether oxygens (including phenoxy) is 3. The minimum Gasteiger partial charge on any atom is -0.496 e. The van der Waals surface area contributed by atoms with Gasteiger partial charge in [0.2, 0.25) is 0 Å². The molecule has 12 heteroatoms. The first-order chi connectivity index (χ1) is 22.0. The van der Waals surface area contributed by atoms with E-state index in [1.165, 1.54) is 0 Å². The number of nitrogens with zero attached hydrogens (tertiary/aromatic N) is 1. The molecule has 0 aromatic heterocycles. The Bertz CT molecular complexity index is 1460. The number of halogens is 4. The average Bonchev–Trinajstić information content (AvgIpc) is 3.05. The largest absolute Gasteiger partial charge is 0.496 e. The number of methoxy groups -OCH3 is 1. The Morgan fingerprint density at radius 1 is 0.978 bits per heavy atom. The average molecular weight is 663 g/mol. The first-order valence-electron chi connectivity index (χ1n) is 14.7. The molecule has 0 saturated heterocycles. The second-order valence-electron chi connectivity index (χ2n) is 10.3. The Morgan fingerprint density at radius 3 is 2.28 bits per heavy atom. The number of carbonyl (C=O) groups is 2. The molecule has 0 radical (unpaired) electrons. The van der Waals surface area contributed by atoms with Gasteiger partial charge < -0.3 is 29.5 Å². The number of nitrogens with one attached hydrogen (secondary N) is 1. The summed E-state index contributed by atoms with van der Waals surface area (Å²) in [5.41, 5.74) is 5.07. The highest BCUT2D eigenvalue weighted by Gasteiger charge is 2.38. The maximum atomic E-state index is 13.4. The Kier molecular flexibility index (Phi) is 14.4. The van der Waals surface area contributed by atoms with Crippen LogP contribution >= 0.6 is 11.6 Å². The van der Waals surface area contributed by atoms with Crippen LogP contribution in [0.25, 0.3) is 5.57 Å². The van der Waals surface area contributed by atoms with Gasteiger partial charge in [-0.05, 0) is 60.4 Å². The van der Waals surface area contributed by atoms with Crippen molar-refractivity contribution in [1.29, 1.82) is 0 Å². The highest BCUT2D eigenvalue weighted by Crippen LogP contribution is 2.28. The Labute approximate surface area is 271 Å². The fraction of sp³-hybridized carbons (Fsp3) is 0.353. The zero-order chi connectivity index (χ0) is 33.5. The van der Waals surface area contributed by atoms with E-state index in [-0.39, 0.29) is 5.91 Å². The van der Waals surface area contributed by atoms with Crippen LogP contribution in [0, 0.1) is 0 Å². The van der Waals surface area contributed by atoms with E-state index in [9.17, 15) is 18.0 Å². The maximum Gasteiger partial charge on any atom is 0.490 e. The van der Waals surface area contributed by atoms with Gasteiger partial charge in [-0.2, -0.15) is 13.2 Å². The lowest BCUT2D eigenvalue weighted by molar-refractivity contribution is -0.192. The standard InChI is InChI=1S/C32H37ClN2O4.C2HF3O2/c1-35(19-17-25-8-3-5-10-30(25)33)32(36)29-22-34-18-16-28(29)24-12-14-27(15-13-24)39-21-7-20-38-23-26-9-4-6-11-31(26)37-2;3-2(4,5)1(6)7/h3-6,8-15,34H,7,16-23H2,1-2H3;(H,6,7). The maximum absolute atomic E-state index is 13.4. The smallest absolute Gasteiger partial charge is 0.490 e. The van der Waals surface area contributed by atoms with Crippen molar-refractivity contribution in [2.45, 2.75) is 32.0 Å². The molecule has 3 aromatic rings. The van der Waals surface area contributed by atoms with Gasteiger partial charge in [-0.3, -0.25) is 4.79 Å². The molecule has 0 spiro atoms. The van der Waals surface area contributed by atoms with Gasteiger partial charge in [0.15, 0.2) is 0 Å². The molecule has 0 saturated carbocycles. The molecule has 0 bridgehead atoms. The van der Waals surface area contributed by atoms with Crippen LogP contribution in [0.1, 0.15) is 29.5 Å². The Balaban J connectivity index is 0.000000738. The van der Waals surface area contributed by atoms with Crippen LogP contribution in [0.5, 0.6) is 11.5 Å². The van der Waals surface area contributed by atoms with E-state index in [0.717, 1.165) is 70.2 Å². The summed E-state index contributed by atoms with van der Waals surface area (Å²) in [4.78, 5) is 24.0. The van der Waals surface area contributed by atoms with Gasteiger partial charge in [-0.1, -0.05) is 60.1 Å². The summed E-state index contributed by atoms with van der Waals surface area (Å²) in [6, 6.07) is 23.7. The normalized spacial score (nSPS) is 13.0. The fourth-order valence-electron chi connectivity index (χ4n) is 4.64. The van der Waals surface area contributed by atoms with Crippen LogP contribution in [0.2, 0.25) is 5.02 Å². The zero-order valence-corrected chi connectivity index (χ0v) is 26.5. The predicted octanol–water partition coefficient (Wildman–Crippen LogP) is 6.42. The summed E-state index contributed by atoms with van der Waals surface area (Å²) in [6.07, 6.45) is -2.77. The van der Waals surface area contributed by atoms with Crippen LogP contribution in [-0.4, -0.2) is 75.1 Å². The van der Waals surface area contributed by atoms with Crippen LogP contribution in [-0.2, 0) is 27.4 Å². The zero-order valence-electron chi connectivity index (χ0n) is 25.7. The monoisotopic (exact) mass is 662 g/mol. The second kappa shape index (κ2) is 18.2. The summed E-state index contributed by atoms with van der Waals surface area (Å²) in [7, 11) is 3.52. The van der Waals surface area contributed by atoms with Crippen molar-refractivity contribution in [2.24, 2.45) is 0 Å². The molecule has 46 heavy (non-hydrogen) atoms. The van der Waals surface area contributed by atoms with Crippen LogP contribution in [0.3, 0.4) is 0 Å². The Hall–Kier alpha value is -4.06. The number of amides is 1. The van der Waals surface area contributed by atoms with Gasteiger partial charge in [-0.15, -0.1) is 0 Å². The SMILES string of the molecule is COc1ccccc1COCCCOc1ccc(C2=C(C(=O)N(C)CCc3ccccc3Cl)CNCC2)cc1.O=C(O)C(F)(F)F. The first kappa shape index (κ1) is 36.4. The third kappa shape index (κ3) is 11.4. The third-order valence-electron chi connectivity index (χ3n) is 7.09. The van der Waals surface area contributed by atoms with E-state index in [2.05, 4.69) is 5.32 Å². The van der Waals surface area contributed by atoms with Gasteiger partial charge >= 0.3 is 12.1 Å². The number of hydrogen-bond donors (Lipinski definition) is 2. The predicted molar refractivity (Wildman–Crippen MR) is 170 cm³/mol. The summed E-state index contributed by atoms with van der Waals surface area (Å²) < 4.78 is 48.8. The minimum absolute atomic E-state index is 0.0534. The lowest BCUT2D eigenvalue weighted by Crippen LogP contribution is -2.36. The Morgan fingerprint density at radius 2 is 1.63 bits per heavy atom. The molecule has 248 valence electrons. The molecule has 0 aliphatic carbocycles. The van der Waals surface area contributed by atoms with Crippen molar-refractivity contribution < 1.29 is 42.1 Å². The lowest BCUT2D eigenvalue weighted by atomic mass is 9.93. The summed E-state index contributed by atoms with van der Waals surface area (Å²) in [5.74, 6) is -1.06. The molecule has 0 atom stereocenters. The highest BCUT2D eigenvalue weighted by molar-refractivity contribution is 6.31. The van der Waals surface area contributed by atoms with Gasteiger partial charge in [0.05, 0.1) is 26.9 Å². The van der Waals surface area contributed by atoms with Crippen LogP contribution < -0.4 is 14.8 Å². The molecule has 1 heterocycles. The molecule has 4 rings (SSSR count). The molecular weight excluding hydrogens is 625 g/mol. The topological polar surface area (TPSA) is 97.3 Å². The van der Waals surface area contributed by atoms with Crippen LogP contribution in [0.4, 0.5) is 13.2 Å². The fourth-order valence-corrected chi connectivity index (χ4v) is 4.87. The molecule has 1 amide bonds. The van der Waals surface area contributed by atoms with Gasteiger partial charge in [0, 0.05) is 42.7 Å². The van der Waals surface area contributed by atoms with Crippen molar-refractivity contribution in [3.63, 3.8) is 0 Å². The number of aliphatic carboxylic acids is 1. The molecule has 1 aliphatic heterocycles. The number of carboxylic acids is 1. The molecule has 8 nitrogen and oxygen atoms in total. The quantitative estimate of drug-likeness (QED) is 0.204. The molecule has 0 unspecified atom stereocenters. The van der Waals surface area contributed by atoms with Gasteiger partial charge in [0.25, 0.3) is 5.91 Å². The number of benzene rings is 3. The number of rotatable bonds is 13. The molecule has 3 aromatic carbocycles. The van der Waals surface area contributed by atoms with Crippen molar-refractivity contribution in [3.8, 4) is 11.5 Å². The van der Waals surface area contributed by atoms with E-state index in [1.807, 2.05) is 79.8 Å². The molecular formula is C34H38ClF3N2O6. The number of carboxylic acid groups (broad SMARTS) is 1. The van der Waals surface area contributed by atoms with E-state index < -0.39 is 12.1 Å². The first-order valence-corrected chi connectivity index (χ1v) is 15.0. The highest BCUT2D eigenvalue weighted by atomic mass is 35.5. The number of hydrogen-bond acceptors (Lipinski definition) is 6. The van der Waals surface area contributed by atoms with Crippen molar-refractivity contribution in [3.05, 3.63) is 100 Å². The number of para-hydroxylation sites is 1. The molecule has 0 fully saturated rings. The summed E-state index contributed by atoms with van der Waals surface area (Å²) in [5, 5.41) is 11.2. The van der Waals surface area contributed by atoms with E-state index in [4.69, 9.17) is 35.7 Å². The van der Waals surface area contributed by atoms with E-state index in [1.54, 1.807) is 12.0 Å². The summed E-state index contributed by atoms with van der Waals surface area (Å²) >= 11 is 6.30.